The van der Waals surface area contributed by atoms with Gasteiger partial charge in [-0.05, 0) is 19.8 Å². The van der Waals surface area contributed by atoms with Gasteiger partial charge in [-0.15, -0.1) is 0 Å². The topological polar surface area (TPSA) is 79.9 Å². The van der Waals surface area contributed by atoms with E-state index in [1.165, 1.54) is 16.0 Å². The second-order valence-corrected chi connectivity index (χ2v) is 6.54. The van der Waals surface area contributed by atoms with Gasteiger partial charge >= 0.3 is 6.03 Å². The van der Waals surface area contributed by atoms with Gasteiger partial charge in [-0.3, -0.25) is 4.79 Å². The molecule has 0 atom stereocenters. The van der Waals surface area contributed by atoms with Crippen LogP contribution in [0.5, 0.6) is 0 Å². The number of aryl methyl sites for hydroxylation is 1. The molecule has 2 rings (SSSR count). The Morgan fingerprint density at radius 2 is 2.00 bits per heavy atom. The van der Waals surface area contributed by atoms with Gasteiger partial charge in [0.15, 0.2) is 0 Å². The summed E-state index contributed by atoms with van der Waals surface area (Å²) in [6, 6.07) is 8.14. The van der Waals surface area contributed by atoms with Crippen LogP contribution in [0.2, 0.25) is 0 Å². The maximum atomic E-state index is 12.2. The zero-order valence-corrected chi connectivity index (χ0v) is 14.5. The van der Waals surface area contributed by atoms with E-state index in [-0.39, 0.29) is 5.91 Å². The second kappa shape index (κ2) is 9.27. The molecule has 0 aromatic heterocycles. The molecule has 1 saturated heterocycles. The van der Waals surface area contributed by atoms with Crippen molar-refractivity contribution in [3.63, 3.8) is 0 Å². The SMILES string of the molecule is Cc1cccc(C[NH+]2CCN(C(=O)CCCCNC(N)=O)CC2)c1. The molecule has 6 nitrogen and oxygen atoms in total. The van der Waals surface area contributed by atoms with Crippen molar-refractivity contribution in [2.75, 3.05) is 32.7 Å². The van der Waals surface area contributed by atoms with Gasteiger partial charge in [0, 0.05) is 18.5 Å². The fourth-order valence-electron chi connectivity index (χ4n) is 3.13. The van der Waals surface area contributed by atoms with Crippen molar-refractivity contribution in [2.24, 2.45) is 5.73 Å². The van der Waals surface area contributed by atoms with Crippen LogP contribution in [0.25, 0.3) is 0 Å². The van der Waals surface area contributed by atoms with Crippen LogP contribution in [0.3, 0.4) is 0 Å². The van der Waals surface area contributed by atoms with E-state index >= 15 is 0 Å². The van der Waals surface area contributed by atoms with E-state index < -0.39 is 6.03 Å². The van der Waals surface area contributed by atoms with Crippen LogP contribution < -0.4 is 16.0 Å². The molecule has 1 aromatic rings. The van der Waals surface area contributed by atoms with Crippen molar-refractivity contribution >= 4 is 11.9 Å². The summed E-state index contributed by atoms with van der Waals surface area (Å²) >= 11 is 0. The number of nitrogens with zero attached hydrogens (tertiary/aromatic N) is 1. The smallest absolute Gasteiger partial charge is 0.312 e. The van der Waals surface area contributed by atoms with E-state index in [9.17, 15) is 9.59 Å². The fourth-order valence-corrected chi connectivity index (χ4v) is 3.13. The molecule has 1 aliphatic rings. The number of hydrogen-bond acceptors (Lipinski definition) is 2. The van der Waals surface area contributed by atoms with Gasteiger partial charge < -0.3 is 20.9 Å². The molecule has 0 radical (unpaired) electrons. The predicted molar refractivity (Wildman–Crippen MR) is 93.6 cm³/mol. The summed E-state index contributed by atoms with van der Waals surface area (Å²) < 4.78 is 0. The quantitative estimate of drug-likeness (QED) is 0.617. The van der Waals surface area contributed by atoms with E-state index in [0.29, 0.717) is 13.0 Å². The summed E-state index contributed by atoms with van der Waals surface area (Å²) in [5.41, 5.74) is 7.67. The lowest BCUT2D eigenvalue weighted by atomic mass is 10.1. The first-order valence-corrected chi connectivity index (χ1v) is 8.75. The molecule has 6 heteroatoms. The van der Waals surface area contributed by atoms with Crippen LogP contribution in [-0.2, 0) is 11.3 Å². The highest BCUT2D eigenvalue weighted by Gasteiger charge is 2.23. The summed E-state index contributed by atoms with van der Waals surface area (Å²) in [4.78, 5) is 26.3. The Hall–Kier alpha value is -2.08. The molecule has 1 fully saturated rings. The number of hydrogen-bond donors (Lipinski definition) is 3. The van der Waals surface area contributed by atoms with Gasteiger partial charge in [-0.2, -0.15) is 0 Å². The number of piperazine rings is 1. The van der Waals surface area contributed by atoms with Crippen LogP contribution in [0.15, 0.2) is 24.3 Å². The monoisotopic (exact) mass is 333 g/mol. The minimum absolute atomic E-state index is 0.226. The third kappa shape index (κ3) is 6.20. The van der Waals surface area contributed by atoms with Crippen molar-refractivity contribution in [1.29, 1.82) is 0 Å². The van der Waals surface area contributed by atoms with Crippen LogP contribution in [0, 0.1) is 6.92 Å². The van der Waals surface area contributed by atoms with Gasteiger partial charge in [0.1, 0.15) is 6.54 Å². The zero-order valence-electron chi connectivity index (χ0n) is 14.5. The first-order valence-electron chi connectivity index (χ1n) is 8.75. The molecule has 3 amide bonds. The van der Waals surface area contributed by atoms with Gasteiger partial charge in [-0.25, -0.2) is 4.79 Å². The number of carbonyl (C=O) groups is 2. The van der Waals surface area contributed by atoms with Crippen LogP contribution in [0.1, 0.15) is 30.4 Å². The fraction of sp³-hybridized carbons (Fsp3) is 0.556. The number of carbonyl (C=O) groups excluding carboxylic acids is 2. The van der Waals surface area contributed by atoms with Crippen molar-refractivity contribution < 1.29 is 14.5 Å². The Balaban J connectivity index is 1.64. The predicted octanol–water partition coefficient (Wildman–Crippen LogP) is 0.0607. The normalized spacial score (nSPS) is 15.3. The molecule has 0 bridgehead atoms. The number of amides is 3. The van der Waals surface area contributed by atoms with Crippen LogP contribution >= 0.6 is 0 Å². The summed E-state index contributed by atoms with van der Waals surface area (Å²) in [7, 11) is 0. The number of unbranched alkanes of at least 4 members (excludes halogenated alkanes) is 1. The Morgan fingerprint density at radius 3 is 2.67 bits per heavy atom. The van der Waals surface area contributed by atoms with E-state index in [1.54, 1.807) is 0 Å². The number of nitrogens with one attached hydrogen (secondary N) is 2. The van der Waals surface area contributed by atoms with Gasteiger partial charge in [0.25, 0.3) is 0 Å². The molecule has 0 saturated carbocycles. The number of primary amides is 1. The summed E-state index contributed by atoms with van der Waals surface area (Å²) in [6.07, 6.45) is 2.12. The summed E-state index contributed by atoms with van der Waals surface area (Å²) in [6.45, 7) is 7.36. The molecule has 0 unspecified atom stereocenters. The largest absolute Gasteiger partial charge is 0.352 e. The standard InChI is InChI=1S/C18H28N4O2/c1-15-5-4-6-16(13-15)14-21-9-11-22(12-10-21)17(23)7-2-3-8-20-18(19)24/h4-6,13H,2-3,7-12,14H2,1H3,(H3,19,20,24)/p+1. The Labute approximate surface area is 144 Å². The lowest BCUT2D eigenvalue weighted by molar-refractivity contribution is -0.917. The lowest BCUT2D eigenvalue weighted by Crippen LogP contribution is -3.13. The highest BCUT2D eigenvalue weighted by Crippen LogP contribution is 2.04. The Morgan fingerprint density at radius 1 is 1.25 bits per heavy atom. The van der Waals surface area contributed by atoms with Crippen molar-refractivity contribution in [3.05, 3.63) is 35.4 Å². The van der Waals surface area contributed by atoms with E-state index in [4.69, 9.17) is 5.73 Å². The highest BCUT2D eigenvalue weighted by molar-refractivity contribution is 5.76. The van der Waals surface area contributed by atoms with Crippen molar-refractivity contribution in [1.82, 2.24) is 10.2 Å². The van der Waals surface area contributed by atoms with Gasteiger partial charge in [-0.1, -0.05) is 29.8 Å². The average Bonchev–Trinajstić information content (AvgIpc) is 2.55. The number of urea groups is 1. The maximum Gasteiger partial charge on any atom is 0.312 e. The van der Waals surface area contributed by atoms with Gasteiger partial charge in [0.2, 0.25) is 5.91 Å². The van der Waals surface area contributed by atoms with E-state index in [0.717, 1.165) is 45.6 Å². The molecule has 0 spiro atoms. The number of benzene rings is 1. The Kier molecular flexibility index (Phi) is 7.06. The van der Waals surface area contributed by atoms with Crippen molar-refractivity contribution in [2.45, 2.75) is 32.7 Å². The molecular formula is C18H29N4O2+. The molecular weight excluding hydrogens is 304 g/mol. The molecule has 1 aliphatic heterocycles. The lowest BCUT2D eigenvalue weighted by Gasteiger charge is -2.32. The number of quaternary nitrogens is 1. The molecule has 132 valence electrons. The average molecular weight is 333 g/mol. The first kappa shape index (κ1) is 18.3. The Bertz CT molecular complexity index is 554. The number of rotatable bonds is 7. The molecule has 1 heterocycles. The van der Waals surface area contributed by atoms with E-state index in [1.807, 2.05) is 4.90 Å². The minimum atomic E-state index is -0.506. The summed E-state index contributed by atoms with van der Waals surface area (Å²) in [5, 5.41) is 2.54. The van der Waals surface area contributed by atoms with Crippen LogP contribution in [0.4, 0.5) is 4.79 Å². The number of nitrogens with two attached hydrogens (primary N) is 1. The minimum Gasteiger partial charge on any atom is -0.352 e. The van der Waals surface area contributed by atoms with Gasteiger partial charge in [0.05, 0.1) is 26.2 Å². The second-order valence-electron chi connectivity index (χ2n) is 6.54. The molecule has 24 heavy (non-hydrogen) atoms. The third-order valence-electron chi connectivity index (χ3n) is 4.48. The van der Waals surface area contributed by atoms with Crippen molar-refractivity contribution in [3.8, 4) is 0 Å². The highest BCUT2D eigenvalue weighted by atomic mass is 16.2. The molecule has 4 N–H and O–H groups in total. The zero-order chi connectivity index (χ0) is 17.4. The third-order valence-corrected chi connectivity index (χ3v) is 4.48. The van der Waals surface area contributed by atoms with Crippen LogP contribution in [-0.4, -0.2) is 49.6 Å². The summed E-state index contributed by atoms with van der Waals surface area (Å²) in [5.74, 6) is 0.226. The molecule has 1 aromatic carbocycles. The first-order chi connectivity index (χ1) is 11.5. The van der Waals surface area contributed by atoms with E-state index in [2.05, 4.69) is 36.5 Å². The maximum absolute atomic E-state index is 12.2. The molecule has 0 aliphatic carbocycles.